The molecule has 0 saturated carbocycles. The SMILES string of the molecule is Cc1cccc2sc(-c3c(O)c(Cl)cc(Cl)c3Cl)nc12. The van der Waals surface area contributed by atoms with Crippen molar-refractivity contribution < 1.29 is 5.11 Å². The van der Waals surface area contributed by atoms with Crippen LogP contribution in [-0.4, -0.2) is 10.1 Å². The van der Waals surface area contributed by atoms with Crippen molar-refractivity contribution in [2.45, 2.75) is 6.92 Å². The van der Waals surface area contributed by atoms with E-state index in [0.717, 1.165) is 15.8 Å². The molecule has 3 aromatic rings. The van der Waals surface area contributed by atoms with Crippen molar-refractivity contribution in [1.82, 2.24) is 4.98 Å². The largest absolute Gasteiger partial charge is 0.506 e. The molecule has 2 aromatic carbocycles. The molecule has 2 nitrogen and oxygen atoms in total. The average molecular weight is 345 g/mol. The summed E-state index contributed by atoms with van der Waals surface area (Å²) in [5.41, 5.74) is 2.33. The maximum atomic E-state index is 10.1. The maximum absolute atomic E-state index is 10.1. The molecule has 1 heterocycles. The van der Waals surface area contributed by atoms with Gasteiger partial charge in [-0.25, -0.2) is 4.98 Å². The molecule has 0 aliphatic heterocycles. The summed E-state index contributed by atoms with van der Waals surface area (Å²) in [7, 11) is 0. The van der Waals surface area contributed by atoms with Gasteiger partial charge in [0, 0.05) is 0 Å². The molecule has 0 radical (unpaired) electrons. The van der Waals surface area contributed by atoms with E-state index in [1.54, 1.807) is 0 Å². The van der Waals surface area contributed by atoms with Crippen LogP contribution in [0.3, 0.4) is 0 Å². The molecule has 6 heteroatoms. The van der Waals surface area contributed by atoms with Crippen LogP contribution in [0.25, 0.3) is 20.8 Å². The highest BCUT2D eigenvalue weighted by Gasteiger charge is 2.20. The van der Waals surface area contributed by atoms with Crippen LogP contribution in [0.1, 0.15) is 5.56 Å². The quantitative estimate of drug-likeness (QED) is 0.554. The van der Waals surface area contributed by atoms with E-state index in [-0.39, 0.29) is 15.8 Å². The summed E-state index contributed by atoms with van der Waals surface area (Å²) in [4.78, 5) is 4.54. The molecule has 0 spiro atoms. The lowest BCUT2D eigenvalue weighted by molar-refractivity contribution is 0.477. The Morgan fingerprint density at radius 2 is 1.90 bits per heavy atom. The van der Waals surface area contributed by atoms with Crippen LogP contribution in [0.2, 0.25) is 15.1 Å². The zero-order valence-electron chi connectivity index (χ0n) is 10.2. The van der Waals surface area contributed by atoms with Crippen LogP contribution in [0.4, 0.5) is 0 Å². The standard InChI is InChI=1S/C14H8Cl3NOS/c1-6-3-2-4-9-12(6)18-14(20-9)10-11(17)7(15)5-8(16)13(10)19/h2-5,19H,1H3. The maximum Gasteiger partial charge on any atom is 0.146 e. The van der Waals surface area contributed by atoms with Crippen LogP contribution in [0.5, 0.6) is 5.75 Å². The van der Waals surface area contributed by atoms with Crippen molar-refractivity contribution in [2.75, 3.05) is 0 Å². The lowest BCUT2D eigenvalue weighted by Crippen LogP contribution is -1.83. The number of fused-ring (bicyclic) bond motifs is 1. The summed E-state index contributed by atoms with van der Waals surface area (Å²) in [6.07, 6.45) is 0. The predicted octanol–water partition coefficient (Wildman–Crippen LogP) is 5.94. The Hall–Kier alpha value is -1.000. The van der Waals surface area contributed by atoms with Gasteiger partial charge in [0.05, 0.1) is 30.8 Å². The average Bonchev–Trinajstić information content (AvgIpc) is 2.82. The number of para-hydroxylation sites is 1. The second-order valence-electron chi connectivity index (χ2n) is 4.32. The van der Waals surface area contributed by atoms with Gasteiger partial charge in [-0.05, 0) is 24.6 Å². The van der Waals surface area contributed by atoms with Crippen molar-refractivity contribution in [3.63, 3.8) is 0 Å². The zero-order valence-corrected chi connectivity index (χ0v) is 13.3. The highest BCUT2D eigenvalue weighted by Crippen LogP contribution is 2.46. The van der Waals surface area contributed by atoms with Crippen LogP contribution in [-0.2, 0) is 0 Å². The van der Waals surface area contributed by atoms with E-state index in [1.807, 2.05) is 25.1 Å². The van der Waals surface area contributed by atoms with Crippen molar-refractivity contribution in [3.05, 3.63) is 44.9 Å². The van der Waals surface area contributed by atoms with Crippen molar-refractivity contribution in [3.8, 4) is 16.3 Å². The monoisotopic (exact) mass is 343 g/mol. The third kappa shape index (κ3) is 2.15. The van der Waals surface area contributed by atoms with Gasteiger partial charge in [-0.15, -0.1) is 11.3 Å². The Labute approximate surface area is 134 Å². The van der Waals surface area contributed by atoms with Crippen LogP contribution in [0, 0.1) is 6.92 Å². The minimum atomic E-state index is -0.0993. The highest BCUT2D eigenvalue weighted by molar-refractivity contribution is 7.21. The van der Waals surface area contributed by atoms with Gasteiger partial charge in [-0.2, -0.15) is 0 Å². The van der Waals surface area contributed by atoms with Gasteiger partial charge in [0.25, 0.3) is 0 Å². The van der Waals surface area contributed by atoms with Crippen molar-refractivity contribution in [1.29, 1.82) is 0 Å². The minimum Gasteiger partial charge on any atom is -0.506 e. The third-order valence-electron chi connectivity index (χ3n) is 2.98. The molecule has 0 amide bonds. The number of aryl methyl sites for hydroxylation is 1. The summed E-state index contributed by atoms with van der Waals surface area (Å²) in [5, 5.41) is 11.4. The van der Waals surface area contributed by atoms with E-state index in [4.69, 9.17) is 34.8 Å². The number of rotatable bonds is 1. The van der Waals surface area contributed by atoms with Crippen LogP contribution in [0.15, 0.2) is 24.3 Å². The Morgan fingerprint density at radius 3 is 2.60 bits per heavy atom. The van der Waals surface area contributed by atoms with Gasteiger partial charge in [0.2, 0.25) is 0 Å². The predicted molar refractivity (Wildman–Crippen MR) is 86.5 cm³/mol. The number of aromatic nitrogens is 1. The van der Waals surface area contributed by atoms with Gasteiger partial charge in [-0.1, -0.05) is 46.9 Å². The topological polar surface area (TPSA) is 33.1 Å². The lowest BCUT2D eigenvalue weighted by atomic mass is 10.2. The molecule has 0 bridgehead atoms. The molecule has 0 atom stereocenters. The van der Waals surface area contributed by atoms with E-state index in [2.05, 4.69) is 4.98 Å². The number of phenols is 1. The molecule has 0 fully saturated rings. The van der Waals surface area contributed by atoms with Gasteiger partial charge in [-0.3, -0.25) is 0 Å². The summed E-state index contributed by atoms with van der Waals surface area (Å²) < 4.78 is 1.02. The molecule has 3 rings (SSSR count). The van der Waals surface area contributed by atoms with Gasteiger partial charge >= 0.3 is 0 Å². The zero-order chi connectivity index (χ0) is 14.4. The fourth-order valence-corrected chi connectivity index (χ4v) is 3.82. The summed E-state index contributed by atoms with van der Waals surface area (Å²) in [6, 6.07) is 7.34. The number of phenolic OH excluding ortho intramolecular Hbond substituents is 1. The Bertz CT molecular complexity index is 803. The van der Waals surface area contributed by atoms with E-state index in [1.165, 1.54) is 17.4 Å². The molecule has 1 aromatic heterocycles. The first-order valence-electron chi connectivity index (χ1n) is 5.72. The summed E-state index contributed by atoms with van der Waals surface area (Å²) in [5.74, 6) is -0.0993. The fraction of sp³-hybridized carbons (Fsp3) is 0.0714. The molecule has 0 unspecified atom stereocenters. The normalized spacial score (nSPS) is 11.2. The molecule has 0 aliphatic carbocycles. The Balaban J connectivity index is 2.34. The van der Waals surface area contributed by atoms with E-state index < -0.39 is 0 Å². The number of benzene rings is 2. The summed E-state index contributed by atoms with van der Waals surface area (Å²) >= 11 is 19.6. The highest BCUT2D eigenvalue weighted by atomic mass is 35.5. The van der Waals surface area contributed by atoms with Gasteiger partial charge < -0.3 is 5.11 Å². The number of hydrogen-bond acceptors (Lipinski definition) is 3. The smallest absolute Gasteiger partial charge is 0.146 e. The van der Waals surface area contributed by atoms with E-state index in [0.29, 0.717) is 15.6 Å². The second kappa shape index (κ2) is 5.08. The first-order valence-corrected chi connectivity index (χ1v) is 7.67. The van der Waals surface area contributed by atoms with Gasteiger partial charge in [0.15, 0.2) is 0 Å². The first kappa shape index (κ1) is 14.0. The van der Waals surface area contributed by atoms with E-state index >= 15 is 0 Å². The minimum absolute atomic E-state index is 0.0993. The van der Waals surface area contributed by atoms with Crippen molar-refractivity contribution >= 4 is 56.4 Å². The Morgan fingerprint density at radius 1 is 1.15 bits per heavy atom. The molecular weight excluding hydrogens is 337 g/mol. The number of hydrogen-bond donors (Lipinski definition) is 1. The molecular formula is C14H8Cl3NOS. The summed E-state index contributed by atoms with van der Waals surface area (Å²) in [6.45, 7) is 1.98. The first-order chi connectivity index (χ1) is 9.49. The fourth-order valence-electron chi connectivity index (χ4n) is 1.97. The number of nitrogens with zero attached hydrogens (tertiary/aromatic N) is 1. The molecule has 1 N–H and O–H groups in total. The van der Waals surface area contributed by atoms with Gasteiger partial charge in [0.1, 0.15) is 10.8 Å². The Kier molecular flexibility index (Phi) is 3.55. The molecule has 20 heavy (non-hydrogen) atoms. The molecule has 102 valence electrons. The number of thiazole rings is 1. The third-order valence-corrected chi connectivity index (χ3v) is 5.09. The molecule has 0 saturated heterocycles. The second-order valence-corrected chi connectivity index (χ2v) is 6.54. The number of halogens is 3. The van der Waals surface area contributed by atoms with E-state index in [9.17, 15) is 5.11 Å². The molecule has 0 aliphatic rings. The van der Waals surface area contributed by atoms with Crippen molar-refractivity contribution in [2.24, 2.45) is 0 Å². The van der Waals surface area contributed by atoms with Crippen LogP contribution >= 0.6 is 46.1 Å². The lowest BCUT2D eigenvalue weighted by Gasteiger charge is -2.07. The van der Waals surface area contributed by atoms with Crippen LogP contribution < -0.4 is 0 Å². The number of aromatic hydroxyl groups is 1.